The molecule has 1 N–H and O–H groups in total. The Kier molecular flexibility index (Phi) is 5.68. The van der Waals surface area contributed by atoms with Gasteiger partial charge in [-0.2, -0.15) is 0 Å². The van der Waals surface area contributed by atoms with Gasteiger partial charge in [0.2, 0.25) is 5.91 Å². The van der Waals surface area contributed by atoms with Crippen LogP contribution in [-0.2, 0) is 4.79 Å². The lowest BCUT2D eigenvalue weighted by Gasteiger charge is -2.36. The van der Waals surface area contributed by atoms with Gasteiger partial charge in [0.15, 0.2) is 0 Å². The summed E-state index contributed by atoms with van der Waals surface area (Å²) in [5.41, 5.74) is 0. The highest BCUT2D eigenvalue weighted by molar-refractivity contribution is 5.76. The van der Waals surface area contributed by atoms with Gasteiger partial charge in [0, 0.05) is 25.6 Å². The van der Waals surface area contributed by atoms with Gasteiger partial charge in [-0.05, 0) is 57.4 Å². The largest absolute Gasteiger partial charge is 0.343 e. The first kappa shape index (κ1) is 14.8. The van der Waals surface area contributed by atoms with E-state index in [1.165, 1.54) is 51.4 Å². The van der Waals surface area contributed by atoms with E-state index >= 15 is 0 Å². The molecule has 0 aliphatic heterocycles. The molecule has 2 saturated carbocycles. The lowest BCUT2D eigenvalue weighted by molar-refractivity contribution is -0.134. The Morgan fingerprint density at radius 3 is 2.37 bits per heavy atom. The lowest BCUT2D eigenvalue weighted by atomic mass is 9.82. The molecule has 0 radical (unpaired) electrons. The van der Waals surface area contributed by atoms with E-state index in [1.54, 1.807) is 0 Å². The van der Waals surface area contributed by atoms with Crippen molar-refractivity contribution in [3.63, 3.8) is 0 Å². The Morgan fingerprint density at radius 1 is 1.16 bits per heavy atom. The highest BCUT2D eigenvalue weighted by Crippen LogP contribution is 2.31. The third-order valence-electron chi connectivity index (χ3n) is 5.01. The van der Waals surface area contributed by atoms with E-state index in [9.17, 15) is 4.79 Å². The van der Waals surface area contributed by atoms with Gasteiger partial charge in [-0.3, -0.25) is 4.79 Å². The van der Waals surface area contributed by atoms with Crippen LogP contribution in [0, 0.1) is 5.92 Å². The summed E-state index contributed by atoms with van der Waals surface area (Å²) in [4.78, 5) is 14.3. The highest BCUT2D eigenvalue weighted by Gasteiger charge is 2.28. The third-order valence-corrected chi connectivity index (χ3v) is 5.01. The first-order valence-electron chi connectivity index (χ1n) is 8.19. The highest BCUT2D eigenvalue weighted by atomic mass is 16.2. The Bertz CT molecular complexity index is 280. The second-order valence-electron chi connectivity index (χ2n) is 6.47. The van der Waals surface area contributed by atoms with Gasteiger partial charge in [-0.25, -0.2) is 0 Å². The van der Waals surface area contributed by atoms with Crippen LogP contribution in [-0.4, -0.2) is 36.5 Å². The number of hydrogen-bond acceptors (Lipinski definition) is 2. The molecular weight excluding hydrogens is 236 g/mol. The first-order chi connectivity index (χ1) is 9.20. The van der Waals surface area contributed by atoms with Gasteiger partial charge in [0.1, 0.15) is 0 Å². The topological polar surface area (TPSA) is 32.3 Å². The molecule has 2 fully saturated rings. The molecule has 0 aromatic rings. The zero-order valence-corrected chi connectivity index (χ0v) is 12.7. The predicted octanol–water partition coefficient (Wildman–Crippen LogP) is 2.95. The molecule has 0 heterocycles. The maximum atomic E-state index is 12.2. The summed E-state index contributed by atoms with van der Waals surface area (Å²) in [6.07, 6.45) is 10.7. The van der Waals surface area contributed by atoms with Crippen LogP contribution < -0.4 is 5.32 Å². The number of rotatable bonds is 6. The summed E-state index contributed by atoms with van der Waals surface area (Å²) in [6.45, 7) is 3.34. The minimum atomic E-state index is 0.384. The molecule has 3 nitrogen and oxygen atoms in total. The van der Waals surface area contributed by atoms with Crippen LogP contribution in [0.5, 0.6) is 0 Å². The standard InChI is InChI=1S/C16H30N2O/c1-3-11-17-14-7-9-15(10-8-14)18(2)16(19)12-13-5-4-6-13/h13-15,17H,3-12H2,1-2H3. The van der Waals surface area contributed by atoms with E-state index in [2.05, 4.69) is 12.2 Å². The van der Waals surface area contributed by atoms with E-state index in [1.807, 2.05) is 11.9 Å². The fourth-order valence-corrected chi connectivity index (χ4v) is 3.31. The molecule has 0 aromatic carbocycles. The van der Waals surface area contributed by atoms with Crippen LogP contribution in [0.15, 0.2) is 0 Å². The number of carbonyl (C=O) groups excluding carboxylic acids is 1. The summed E-state index contributed by atoms with van der Waals surface area (Å²) >= 11 is 0. The second-order valence-corrected chi connectivity index (χ2v) is 6.47. The third kappa shape index (κ3) is 4.20. The van der Waals surface area contributed by atoms with Crippen LogP contribution in [0.1, 0.15) is 64.7 Å². The van der Waals surface area contributed by atoms with Gasteiger partial charge in [0.05, 0.1) is 0 Å². The van der Waals surface area contributed by atoms with Crippen LogP contribution in [0.4, 0.5) is 0 Å². The Hall–Kier alpha value is -0.570. The van der Waals surface area contributed by atoms with Crippen molar-refractivity contribution < 1.29 is 4.79 Å². The molecule has 2 rings (SSSR count). The maximum absolute atomic E-state index is 12.2. The molecule has 19 heavy (non-hydrogen) atoms. The van der Waals surface area contributed by atoms with Gasteiger partial charge >= 0.3 is 0 Å². The number of nitrogens with one attached hydrogen (secondary N) is 1. The molecule has 0 spiro atoms. The van der Waals surface area contributed by atoms with Crippen molar-refractivity contribution >= 4 is 5.91 Å². The summed E-state index contributed by atoms with van der Waals surface area (Å²) < 4.78 is 0. The Balaban J connectivity index is 1.68. The number of hydrogen-bond donors (Lipinski definition) is 1. The molecule has 0 bridgehead atoms. The van der Waals surface area contributed by atoms with Crippen LogP contribution in [0.2, 0.25) is 0 Å². The second kappa shape index (κ2) is 7.28. The van der Waals surface area contributed by atoms with Crippen molar-refractivity contribution in [2.45, 2.75) is 76.8 Å². The Morgan fingerprint density at radius 2 is 1.84 bits per heavy atom. The van der Waals surface area contributed by atoms with E-state index in [-0.39, 0.29) is 0 Å². The number of carbonyl (C=O) groups is 1. The van der Waals surface area contributed by atoms with E-state index < -0.39 is 0 Å². The molecule has 0 unspecified atom stereocenters. The molecule has 0 aromatic heterocycles. The summed E-state index contributed by atoms with van der Waals surface area (Å²) in [7, 11) is 2.02. The molecule has 2 aliphatic rings. The lowest BCUT2D eigenvalue weighted by Crippen LogP contribution is -2.44. The summed E-state index contributed by atoms with van der Waals surface area (Å²) in [5.74, 6) is 1.08. The minimum absolute atomic E-state index is 0.384. The molecule has 1 amide bonds. The maximum Gasteiger partial charge on any atom is 0.222 e. The number of nitrogens with zero attached hydrogens (tertiary/aromatic N) is 1. The molecular formula is C16H30N2O. The van der Waals surface area contributed by atoms with E-state index in [4.69, 9.17) is 0 Å². The summed E-state index contributed by atoms with van der Waals surface area (Å²) in [6, 6.07) is 1.18. The van der Waals surface area contributed by atoms with Crippen molar-refractivity contribution in [3.8, 4) is 0 Å². The smallest absolute Gasteiger partial charge is 0.222 e. The predicted molar refractivity (Wildman–Crippen MR) is 79.1 cm³/mol. The summed E-state index contributed by atoms with van der Waals surface area (Å²) in [5, 5.41) is 3.61. The van der Waals surface area contributed by atoms with Crippen molar-refractivity contribution in [2.24, 2.45) is 5.92 Å². The quantitative estimate of drug-likeness (QED) is 0.801. The van der Waals surface area contributed by atoms with Crippen LogP contribution in [0.3, 0.4) is 0 Å². The van der Waals surface area contributed by atoms with Gasteiger partial charge in [-0.15, -0.1) is 0 Å². The molecule has 110 valence electrons. The molecule has 0 atom stereocenters. The van der Waals surface area contributed by atoms with Crippen molar-refractivity contribution in [3.05, 3.63) is 0 Å². The van der Waals surface area contributed by atoms with Gasteiger partial charge in [0.25, 0.3) is 0 Å². The van der Waals surface area contributed by atoms with Gasteiger partial charge < -0.3 is 10.2 Å². The van der Waals surface area contributed by atoms with Crippen LogP contribution in [0.25, 0.3) is 0 Å². The molecule has 3 heteroatoms. The zero-order valence-electron chi connectivity index (χ0n) is 12.7. The SMILES string of the molecule is CCCNC1CCC(N(C)C(=O)CC2CCC2)CC1. The zero-order chi connectivity index (χ0) is 13.7. The number of amides is 1. The van der Waals surface area contributed by atoms with Crippen molar-refractivity contribution in [2.75, 3.05) is 13.6 Å². The van der Waals surface area contributed by atoms with Crippen LogP contribution >= 0.6 is 0 Å². The average molecular weight is 266 g/mol. The fraction of sp³-hybridized carbons (Fsp3) is 0.938. The Labute approximate surface area is 118 Å². The molecule has 2 aliphatic carbocycles. The average Bonchev–Trinajstić information content (AvgIpc) is 2.40. The fourth-order valence-electron chi connectivity index (χ4n) is 3.31. The van der Waals surface area contributed by atoms with E-state index in [0.29, 0.717) is 23.9 Å². The van der Waals surface area contributed by atoms with Crippen molar-refractivity contribution in [1.29, 1.82) is 0 Å². The molecule has 0 saturated heterocycles. The normalized spacial score (nSPS) is 27.9. The van der Waals surface area contributed by atoms with Crippen molar-refractivity contribution in [1.82, 2.24) is 10.2 Å². The van der Waals surface area contributed by atoms with E-state index in [0.717, 1.165) is 13.0 Å². The monoisotopic (exact) mass is 266 g/mol. The minimum Gasteiger partial charge on any atom is -0.343 e. The van der Waals surface area contributed by atoms with Gasteiger partial charge in [-0.1, -0.05) is 13.3 Å². The first-order valence-corrected chi connectivity index (χ1v) is 8.19.